The zero-order valence-corrected chi connectivity index (χ0v) is 11.4. The fraction of sp³-hybridized carbons (Fsp3) is 0.643. The lowest BCUT2D eigenvalue weighted by Crippen LogP contribution is -2.16. The summed E-state index contributed by atoms with van der Waals surface area (Å²) < 4.78 is 5.81. The lowest BCUT2D eigenvalue weighted by Gasteiger charge is -2.16. The molecule has 17 heavy (non-hydrogen) atoms. The molecule has 3 nitrogen and oxygen atoms in total. The van der Waals surface area contributed by atoms with Crippen LogP contribution < -0.4 is 10.1 Å². The van der Waals surface area contributed by atoms with Crippen LogP contribution in [0.1, 0.15) is 39.8 Å². The molecule has 1 heterocycles. The van der Waals surface area contributed by atoms with Gasteiger partial charge in [0, 0.05) is 12.6 Å². The van der Waals surface area contributed by atoms with E-state index in [9.17, 15) is 0 Å². The number of hydrogen-bond acceptors (Lipinski definition) is 3. The first kappa shape index (κ1) is 14.0. The molecule has 0 radical (unpaired) electrons. The predicted molar refractivity (Wildman–Crippen MR) is 71.2 cm³/mol. The van der Waals surface area contributed by atoms with Crippen molar-refractivity contribution in [2.45, 2.75) is 46.8 Å². The molecule has 1 rings (SSSR count). The molecule has 0 bridgehead atoms. The Morgan fingerprint density at radius 1 is 1.29 bits per heavy atom. The third kappa shape index (κ3) is 5.68. The molecular formula is C14H24N2O. The monoisotopic (exact) mass is 236 g/mol. The molecule has 1 aromatic rings. The largest absolute Gasteiger partial charge is 0.475 e. The molecule has 0 saturated carbocycles. The molecular weight excluding hydrogens is 212 g/mol. The van der Waals surface area contributed by atoms with Gasteiger partial charge in [0.1, 0.15) is 0 Å². The van der Waals surface area contributed by atoms with Crippen LogP contribution in [0.25, 0.3) is 0 Å². The van der Waals surface area contributed by atoms with Gasteiger partial charge < -0.3 is 10.1 Å². The summed E-state index contributed by atoms with van der Waals surface area (Å²) in [5.41, 5.74) is 1.03. The van der Waals surface area contributed by atoms with Crippen LogP contribution in [0.2, 0.25) is 0 Å². The minimum Gasteiger partial charge on any atom is -0.475 e. The summed E-state index contributed by atoms with van der Waals surface area (Å²) in [6.07, 6.45) is 1.27. The molecule has 0 saturated heterocycles. The van der Waals surface area contributed by atoms with Crippen LogP contribution in [0.4, 0.5) is 0 Å². The highest BCUT2D eigenvalue weighted by Crippen LogP contribution is 2.13. The van der Waals surface area contributed by atoms with E-state index in [0.717, 1.165) is 31.1 Å². The number of nitrogens with zero attached hydrogens (tertiary/aromatic N) is 1. The highest BCUT2D eigenvalue weighted by molar-refractivity contribution is 5.15. The first-order valence-electron chi connectivity index (χ1n) is 6.45. The Hall–Kier alpha value is -1.09. The Morgan fingerprint density at radius 2 is 2.06 bits per heavy atom. The Labute approximate surface area is 105 Å². The van der Waals surface area contributed by atoms with Crippen LogP contribution in [0, 0.1) is 5.92 Å². The molecule has 1 N–H and O–H groups in total. The van der Waals surface area contributed by atoms with Gasteiger partial charge in [-0.15, -0.1) is 0 Å². The smallest absolute Gasteiger partial charge is 0.213 e. The van der Waals surface area contributed by atoms with Gasteiger partial charge in [0.2, 0.25) is 5.88 Å². The van der Waals surface area contributed by atoms with Crippen LogP contribution in [0.5, 0.6) is 5.88 Å². The van der Waals surface area contributed by atoms with E-state index < -0.39 is 0 Å². The fourth-order valence-electron chi connectivity index (χ4n) is 1.79. The van der Waals surface area contributed by atoms with Crippen molar-refractivity contribution in [1.29, 1.82) is 0 Å². The summed E-state index contributed by atoms with van der Waals surface area (Å²) in [6, 6.07) is 5.94. The van der Waals surface area contributed by atoms with Gasteiger partial charge in [0.25, 0.3) is 0 Å². The molecule has 0 aliphatic carbocycles. The third-order valence-corrected chi connectivity index (χ3v) is 2.46. The second kappa shape index (κ2) is 7.28. The predicted octanol–water partition coefficient (Wildman–Crippen LogP) is 3.00. The second-order valence-corrected chi connectivity index (χ2v) is 4.81. The van der Waals surface area contributed by atoms with Crippen LogP contribution in [-0.2, 0) is 6.54 Å². The highest BCUT2D eigenvalue weighted by Gasteiger charge is 2.07. The first-order chi connectivity index (χ1) is 8.11. The summed E-state index contributed by atoms with van der Waals surface area (Å²) in [6.45, 7) is 10.3. The van der Waals surface area contributed by atoms with Crippen LogP contribution >= 0.6 is 0 Å². The van der Waals surface area contributed by atoms with Crippen molar-refractivity contribution in [3.05, 3.63) is 23.9 Å². The van der Waals surface area contributed by atoms with Crippen LogP contribution in [-0.4, -0.2) is 17.6 Å². The number of ether oxygens (including phenoxy) is 1. The summed E-state index contributed by atoms with van der Waals surface area (Å²) in [7, 11) is 0. The number of hydrogen-bond donors (Lipinski definition) is 1. The average Bonchev–Trinajstić information content (AvgIpc) is 2.25. The van der Waals surface area contributed by atoms with Crippen molar-refractivity contribution < 1.29 is 4.74 Å². The minimum atomic E-state index is 0.219. The SMILES string of the molecule is CCNCc1cccc(OC(C)CC(C)C)n1. The topological polar surface area (TPSA) is 34.1 Å². The lowest BCUT2D eigenvalue weighted by molar-refractivity contribution is 0.185. The Bertz CT molecular complexity index is 326. The van der Waals surface area contributed by atoms with Gasteiger partial charge in [-0.2, -0.15) is 0 Å². The quantitative estimate of drug-likeness (QED) is 0.790. The molecule has 0 fully saturated rings. The number of aromatic nitrogens is 1. The van der Waals surface area contributed by atoms with Crippen molar-refractivity contribution in [2.24, 2.45) is 5.92 Å². The highest BCUT2D eigenvalue weighted by atomic mass is 16.5. The standard InChI is InChI=1S/C14H24N2O/c1-5-15-10-13-7-6-8-14(16-13)17-12(4)9-11(2)3/h6-8,11-12,15H,5,9-10H2,1-4H3. The van der Waals surface area contributed by atoms with Gasteiger partial charge in [0.15, 0.2) is 0 Å². The summed E-state index contributed by atoms with van der Waals surface area (Å²) >= 11 is 0. The van der Waals surface area contributed by atoms with Crippen molar-refractivity contribution in [1.82, 2.24) is 10.3 Å². The number of nitrogens with one attached hydrogen (secondary N) is 1. The molecule has 0 aromatic carbocycles. The van der Waals surface area contributed by atoms with Gasteiger partial charge in [-0.1, -0.05) is 26.8 Å². The first-order valence-corrected chi connectivity index (χ1v) is 6.45. The number of pyridine rings is 1. The Balaban J connectivity index is 2.52. The lowest BCUT2D eigenvalue weighted by atomic mass is 10.1. The minimum absolute atomic E-state index is 0.219. The van der Waals surface area contributed by atoms with Crippen molar-refractivity contribution in [3.8, 4) is 5.88 Å². The zero-order valence-electron chi connectivity index (χ0n) is 11.4. The fourth-order valence-corrected chi connectivity index (χ4v) is 1.79. The van der Waals surface area contributed by atoms with E-state index in [2.05, 4.69) is 38.0 Å². The summed E-state index contributed by atoms with van der Waals surface area (Å²) in [5, 5.41) is 3.26. The molecule has 96 valence electrons. The third-order valence-electron chi connectivity index (χ3n) is 2.46. The van der Waals surface area contributed by atoms with E-state index in [-0.39, 0.29) is 6.10 Å². The molecule has 0 amide bonds. The van der Waals surface area contributed by atoms with Crippen molar-refractivity contribution in [2.75, 3.05) is 6.54 Å². The summed E-state index contributed by atoms with van der Waals surface area (Å²) in [4.78, 5) is 4.47. The summed E-state index contributed by atoms with van der Waals surface area (Å²) in [5.74, 6) is 1.38. The van der Waals surface area contributed by atoms with Crippen molar-refractivity contribution >= 4 is 0 Å². The molecule has 0 spiro atoms. The molecule has 1 aromatic heterocycles. The molecule has 0 aliphatic heterocycles. The maximum Gasteiger partial charge on any atom is 0.213 e. The average molecular weight is 236 g/mol. The van der Waals surface area contributed by atoms with Crippen molar-refractivity contribution in [3.63, 3.8) is 0 Å². The van der Waals surface area contributed by atoms with Crippen LogP contribution in [0.15, 0.2) is 18.2 Å². The van der Waals surface area contributed by atoms with Gasteiger partial charge in [-0.05, 0) is 31.9 Å². The second-order valence-electron chi connectivity index (χ2n) is 4.81. The normalized spacial score (nSPS) is 12.8. The van der Waals surface area contributed by atoms with E-state index in [4.69, 9.17) is 4.74 Å². The Kier molecular flexibility index (Phi) is 5.98. The maximum absolute atomic E-state index is 5.81. The van der Waals surface area contributed by atoms with Crippen LogP contribution in [0.3, 0.4) is 0 Å². The molecule has 1 atom stereocenters. The van der Waals surface area contributed by atoms with E-state index in [1.165, 1.54) is 0 Å². The maximum atomic E-state index is 5.81. The van der Waals surface area contributed by atoms with E-state index in [1.807, 2.05) is 18.2 Å². The molecule has 1 unspecified atom stereocenters. The van der Waals surface area contributed by atoms with E-state index >= 15 is 0 Å². The van der Waals surface area contributed by atoms with E-state index in [0.29, 0.717) is 5.92 Å². The zero-order chi connectivity index (χ0) is 12.7. The molecule has 0 aliphatic rings. The van der Waals surface area contributed by atoms with E-state index in [1.54, 1.807) is 0 Å². The van der Waals surface area contributed by atoms with Gasteiger partial charge in [-0.3, -0.25) is 0 Å². The Morgan fingerprint density at radius 3 is 2.71 bits per heavy atom. The van der Waals surface area contributed by atoms with Gasteiger partial charge in [0.05, 0.1) is 11.8 Å². The number of rotatable bonds is 7. The van der Waals surface area contributed by atoms with Gasteiger partial charge >= 0.3 is 0 Å². The van der Waals surface area contributed by atoms with Gasteiger partial charge in [-0.25, -0.2) is 4.98 Å². The molecule has 3 heteroatoms.